The number of hydrogen-bond acceptors (Lipinski definition) is 5. The van der Waals surface area contributed by atoms with Crippen LogP contribution in [0.15, 0.2) is 4.52 Å². The molecule has 0 aliphatic rings. The van der Waals surface area contributed by atoms with E-state index in [1.165, 1.54) is 11.8 Å². The second-order valence-corrected chi connectivity index (χ2v) is 5.15. The summed E-state index contributed by atoms with van der Waals surface area (Å²) in [6, 6.07) is -1.04. The van der Waals surface area contributed by atoms with Crippen molar-refractivity contribution in [3.8, 4) is 12.3 Å². The van der Waals surface area contributed by atoms with Gasteiger partial charge in [0.05, 0.1) is 11.4 Å². The van der Waals surface area contributed by atoms with Crippen LogP contribution in [-0.2, 0) is 15.3 Å². The number of carbonyl (C=O) groups excluding carboxylic acids is 1. The average molecular weight is 296 g/mol. The van der Waals surface area contributed by atoms with Crippen LogP contribution in [-0.4, -0.2) is 33.9 Å². The van der Waals surface area contributed by atoms with E-state index in [-0.39, 0.29) is 18.1 Å². The van der Waals surface area contributed by atoms with Crippen LogP contribution in [0.4, 0.5) is 0 Å². The first-order chi connectivity index (χ1) is 9.45. The zero-order valence-electron chi connectivity index (χ0n) is 11.3. The van der Waals surface area contributed by atoms with E-state index in [9.17, 15) is 9.59 Å². The van der Waals surface area contributed by atoms with Gasteiger partial charge in [0.15, 0.2) is 0 Å². The lowest BCUT2D eigenvalue weighted by atomic mass is 10.2. The van der Waals surface area contributed by atoms with E-state index in [2.05, 4.69) is 16.4 Å². The van der Waals surface area contributed by atoms with Crippen molar-refractivity contribution in [1.29, 1.82) is 0 Å². The summed E-state index contributed by atoms with van der Waals surface area (Å²) in [7, 11) is 0. The van der Waals surface area contributed by atoms with E-state index in [1.54, 1.807) is 0 Å². The van der Waals surface area contributed by atoms with E-state index >= 15 is 0 Å². The highest BCUT2D eigenvalue weighted by molar-refractivity contribution is 7.99. The van der Waals surface area contributed by atoms with Gasteiger partial charge in [0.1, 0.15) is 11.8 Å². The molecule has 1 aromatic heterocycles. The Morgan fingerprint density at radius 2 is 2.25 bits per heavy atom. The lowest BCUT2D eigenvalue weighted by molar-refractivity contribution is -0.141. The topological polar surface area (TPSA) is 92.4 Å². The molecule has 1 heterocycles. The molecule has 0 aliphatic carbocycles. The first-order valence-corrected chi connectivity index (χ1v) is 7.06. The van der Waals surface area contributed by atoms with E-state index in [4.69, 9.17) is 16.1 Å². The summed E-state index contributed by atoms with van der Waals surface area (Å²) in [6.45, 7) is 3.64. The van der Waals surface area contributed by atoms with Crippen molar-refractivity contribution in [3.05, 3.63) is 17.0 Å². The minimum absolute atomic E-state index is 0.0321. The molecule has 0 aliphatic heterocycles. The van der Waals surface area contributed by atoms with Gasteiger partial charge < -0.3 is 14.9 Å². The Kier molecular flexibility index (Phi) is 6.12. The van der Waals surface area contributed by atoms with Crippen molar-refractivity contribution in [2.75, 3.05) is 5.75 Å². The Balaban J connectivity index is 2.40. The molecule has 6 nitrogen and oxygen atoms in total. The van der Waals surface area contributed by atoms with E-state index in [0.717, 1.165) is 17.0 Å². The molecule has 0 spiro atoms. The number of rotatable bonds is 7. The molecule has 1 amide bonds. The fourth-order valence-corrected chi connectivity index (χ4v) is 2.49. The molecule has 0 aromatic carbocycles. The van der Waals surface area contributed by atoms with Crippen molar-refractivity contribution < 1.29 is 19.2 Å². The van der Waals surface area contributed by atoms with E-state index in [1.807, 2.05) is 13.8 Å². The lowest BCUT2D eigenvalue weighted by Gasteiger charge is -2.11. The highest BCUT2D eigenvalue weighted by atomic mass is 32.2. The summed E-state index contributed by atoms with van der Waals surface area (Å²) in [5.74, 6) is 2.20. The molecule has 2 N–H and O–H groups in total. The second-order valence-electron chi connectivity index (χ2n) is 4.16. The molecule has 108 valence electrons. The number of carboxylic acid groups (broad SMARTS) is 1. The van der Waals surface area contributed by atoms with Gasteiger partial charge in [0, 0.05) is 17.7 Å². The monoisotopic (exact) mass is 296 g/mol. The second kappa shape index (κ2) is 7.60. The Morgan fingerprint density at radius 3 is 2.75 bits per heavy atom. The maximum Gasteiger partial charge on any atom is 0.327 e. The third-order valence-electron chi connectivity index (χ3n) is 2.62. The van der Waals surface area contributed by atoms with Gasteiger partial charge in [-0.3, -0.25) is 4.79 Å². The molecule has 1 rings (SSSR count). The van der Waals surface area contributed by atoms with Gasteiger partial charge in [-0.15, -0.1) is 24.1 Å². The zero-order chi connectivity index (χ0) is 15.1. The minimum Gasteiger partial charge on any atom is -0.480 e. The number of carboxylic acids is 1. The molecule has 0 fully saturated rings. The number of nitrogens with one attached hydrogen (secondary N) is 1. The van der Waals surface area contributed by atoms with E-state index in [0.29, 0.717) is 5.75 Å². The number of terminal acetylenes is 1. The predicted octanol–water partition coefficient (Wildman–Crippen LogP) is 1.12. The number of aromatic nitrogens is 1. The largest absolute Gasteiger partial charge is 0.480 e. The van der Waals surface area contributed by atoms with Gasteiger partial charge in [-0.1, -0.05) is 5.16 Å². The van der Waals surface area contributed by atoms with Crippen LogP contribution in [0.3, 0.4) is 0 Å². The Morgan fingerprint density at radius 1 is 1.55 bits per heavy atom. The zero-order valence-corrected chi connectivity index (χ0v) is 12.1. The highest BCUT2D eigenvalue weighted by Gasteiger charge is 2.18. The van der Waals surface area contributed by atoms with Crippen LogP contribution < -0.4 is 5.32 Å². The van der Waals surface area contributed by atoms with Crippen molar-refractivity contribution in [2.24, 2.45) is 0 Å². The van der Waals surface area contributed by atoms with Crippen molar-refractivity contribution in [2.45, 2.75) is 32.1 Å². The lowest BCUT2D eigenvalue weighted by Crippen LogP contribution is -2.41. The number of aryl methyl sites for hydroxylation is 2. The Bertz CT molecular complexity index is 513. The first-order valence-electron chi connectivity index (χ1n) is 5.90. The summed E-state index contributed by atoms with van der Waals surface area (Å²) in [6.07, 6.45) is 5.02. The number of hydrogen-bond donors (Lipinski definition) is 2. The number of amides is 1. The van der Waals surface area contributed by atoms with Crippen LogP contribution in [0, 0.1) is 26.2 Å². The predicted molar refractivity (Wildman–Crippen MR) is 75.2 cm³/mol. The molecule has 20 heavy (non-hydrogen) atoms. The third kappa shape index (κ3) is 4.63. The summed E-state index contributed by atoms with van der Waals surface area (Å²) in [5, 5.41) is 15.1. The summed E-state index contributed by atoms with van der Waals surface area (Å²) in [4.78, 5) is 22.5. The average Bonchev–Trinajstić information content (AvgIpc) is 2.69. The summed E-state index contributed by atoms with van der Waals surface area (Å²) in [5.41, 5.74) is 1.76. The number of carbonyl (C=O) groups is 2. The van der Waals surface area contributed by atoms with Gasteiger partial charge >= 0.3 is 5.97 Å². The van der Waals surface area contributed by atoms with Gasteiger partial charge in [0.2, 0.25) is 5.91 Å². The molecule has 0 bridgehead atoms. The van der Waals surface area contributed by atoms with Crippen LogP contribution in [0.25, 0.3) is 0 Å². The van der Waals surface area contributed by atoms with E-state index < -0.39 is 12.0 Å². The smallest absolute Gasteiger partial charge is 0.327 e. The molecule has 1 atom stereocenters. The highest BCUT2D eigenvalue weighted by Crippen LogP contribution is 2.19. The van der Waals surface area contributed by atoms with Crippen LogP contribution in [0.5, 0.6) is 0 Å². The molecule has 1 aromatic rings. The fourth-order valence-electron chi connectivity index (χ4n) is 1.51. The third-order valence-corrected chi connectivity index (χ3v) is 3.58. The Hall–Kier alpha value is -1.94. The molecule has 0 radical (unpaired) electrons. The van der Waals surface area contributed by atoms with Gasteiger partial charge in [0.25, 0.3) is 0 Å². The Labute approximate surface area is 121 Å². The number of nitrogens with zero attached hydrogens (tertiary/aromatic N) is 1. The van der Waals surface area contributed by atoms with Crippen molar-refractivity contribution in [1.82, 2.24) is 10.5 Å². The minimum atomic E-state index is -1.13. The van der Waals surface area contributed by atoms with Crippen LogP contribution >= 0.6 is 11.8 Å². The maximum absolute atomic E-state index is 11.6. The number of thioether (sulfide) groups is 1. The summed E-state index contributed by atoms with van der Waals surface area (Å²) >= 11 is 1.36. The van der Waals surface area contributed by atoms with Gasteiger partial charge in [-0.25, -0.2) is 4.79 Å². The van der Waals surface area contributed by atoms with Crippen LogP contribution in [0.2, 0.25) is 0 Å². The molecule has 1 unspecified atom stereocenters. The van der Waals surface area contributed by atoms with Gasteiger partial charge in [-0.2, -0.15) is 0 Å². The quantitative estimate of drug-likeness (QED) is 0.732. The SMILES string of the molecule is C#CCC(NC(=O)CSCc1c(C)noc1C)C(=O)O. The number of aliphatic carboxylic acids is 1. The molecule has 0 saturated heterocycles. The maximum atomic E-state index is 11.6. The standard InChI is InChI=1S/C13H16N2O4S/c1-4-5-11(13(17)18)14-12(16)7-20-6-10-8(2)15-19-9(10)3/h1,11H,5-7H2,2-3H3,(H,14,16)(H,17,18). The summed E-state index contributed by atoms with van der Waals surface area (Å²) < 4.78 is 5.02. The first kappa shape index (κ1) is 16.1. The fraction of sp³-hybridized carbons (Fsp3) is 0.462. The van der Waals surface area contributed by atoms with Crippen molar-refractivity contribution >= 4 is 23.6 Å². The van der Waals surface area contributed by atoms with Gasteiger partial charge in [-0.05, 0) is 13.8 Å². The van der Waals surface area contributed by atoms with Crippen LogP contribution in [0.1, 0.15) is 23.4 Å². The molecule has 0 saturated carbocycles. The molecule has 7 heteroatoms. The normalized spacial score (nSPS) is 11.7. The van der Waals surface area contributed by atoms with Crippen molar-refractivity contribution in [3.63, 3.8) is 0 Å². The molecular formula is C13H16N2O4S. The molecular weight excluding hydrogens is 280 g/mol.